The topological polar surface area (TPSA) is 34.2 Å². The van der Waals surface area contributed by atoms with E-state index in [1.165, 1.54) is 23.4 Å². The lowest BCUT2D eigenvalue weighted by molar-refractivity contribution is 0.0839. The van der Waals surface area contributed by atoms with Crippen molar-refractivity contribution in [2.24, 2.45) is 0 Å². The van der Waals surface area contributed by atoms with Crippen molar-refractivity contribution in [3.63, 3.8) is 0 Å². The Morgan fingerprint density at radius 3 is 3.19 bits per heavy atom. The zero-order valence-electron chi connectivity index (χ0n) is 10.0. The van der Waals surface area contributed by atoms with E-state index in [1.54, 1.807) is 11.3 Å². The maximum atomic E-state index is 5.65. The maximum absolute atomic E-state index is 5.65. The lowest BCUT2D eigenvalue weighted by Crippen LogP contribution is -2.38. The monoisotopic (exact) mass is 240 g/mol. The Bertz CT molecular complexity index is 321. The van der Waals surface area contributed by atoms with Crippen LogP contribution in [0.5, 0.6) is 0 Å². The van der Waals surface area contributed by atoms with Gasteiger partial charge < -0.3 is 10.1 Å². The fourth-order valence-corrected chi connectivity index (χ4v) is 2.89. The third-order valence-electron chi connectivity index (χ3n) is 3.19. The van der Waals surface area contributed by atoms with Crippen LogP contribution in [0.15, 0.2) is 5.51 Å². The summed E-state index contributed by atoms with van der Waals surface area (Å²) in [6.07, 6.45) is 3.91. The summed E-state index contributed by atoms with van der Waals surface area (Å²) in [6, 6.07) is 0.468. The maximum Gasteiger partial charge on any atom is 0.0797 e. The first kappa shape index (κ1) is 12.0. The highest BCUT2D eigenvalue weighted by atomic mass is 32.1. The second kappa shape index (κ2) is 5.75. The van der Waals surface area contributed by atoms with Gasteiger partial charge in [0.15, 0.2) is 0 Å². The molecule has 2 atom stereocenters. The van der Waals surface area contributed by atoms with Gasteiger partial charge in [-0.15, -0.1) is 11.3 Å². The van der Waals surface area contributed by atoms with Gasteiger partial charge in [-0.2, -0.15) is 0 Å². The lowest BCUT2D eigenvalue weighted by Gasteiger charge is -2.19. The molecule has 0 radical (unpaired) electrons. The van der Waals surface area contributed by atoms with E-state index in [4.69, 9.17) is 4.74 Å². The molecule has 1 aromatic heterocycles. The van der Waals surface area contributed by atoms with E-state index in [0.717, 1.165) is 19.6 Å². The molecule has 4 heteroatoms. The van der Waals surface area contributed by atoms with Crippen molar-refractivity contribution >= 4 is 11.3 Å². The van der Waals surface area contributed by atoms with E-state index in [-0.39, 0.29) is 0 Å². The first-order valence-electron chi connectivity index (χ1n) is 6.01. The van der Waals surface area contributed by atoms with Crippen molar-refractivity contribution in [1.29, 1.82) is 0 Å². The average molecular weight is 240 g/mol. The quantitative estimate of drug-likeness (QED) is 0.856. The molecule has 1 aliphatic heterocycles. The Kier molecular flexibility index (Phi) is 4.32. The molecule has 0 aliphatic carbocycles. The van der Waals surface area contributed by atoms with Crippen molar-refractivity contribution < 1.29 is 4.74 Å². The van der Waals surface area contributed by atoms with Gasteiger partial charge in [-0.25, -0.2) is 4.98 Å². The van der Waals surface area contributed by atoms with Gasteiger partial charge in [-0.1, -0.05) is 0 Å². The number of nitrogens with one attached hydrogen (secondary N) is 1. The number of nitrogens with zero attached hydrogens (tertiary/aromatic N) is 1. The molecule has 1 N–H and O–H groups in total. The SMILES string of the molecule is Cc1ncsc1CCNC(C)C1CCCO1. The van der Waals surface area contributed by atoms with Gasteiger partial charge in [0.25, 0.3) is 0 Å². The molecular weight excluding hydrogens is 220 g/mol. The van der Waals surface area contributed by atoms with Gasteiger partial charge in [0, 0.05) is 24.1 Å². The standard InChI is InChI=1S/C12H20N2OS/c1-9(11-4-3-7-15-11)13-6-5-12-10(2)14-8-16-12/h8-9,11,13H,3-7H2,1-2H3. The Labute approximate surface area is 101 Å². The summed E-state index contributed by atoms with van der Waals surface area (Å²) in [7, 11) is 0. The van der Waals surface area contributed by atoms with Crippen LogP contribution in [0.3, 0.4) is 0 Å². The zero-order valence-corrected chi connectivity index (χ0v) is 10.8. The largest absolute Gasteiger partial charge is 0.377 e. The van der Waals surface area contributed by atoms with Crippen LogP contribution in [-0.4, -0.2) is 30.3 Å². The molecule has 16 heavy (non-hydrogen) atoms. The number of hydrogen-bond donors (Lipinski definition) is 1. The molecule has 1 fully saturated rings. The number of rotatable bonds is 5. The van der Waals surface area contributed by atoms with Crippen LogP contribution in [0.25, 0.3) is 0 Å². The highest BCUT2D eigenvalue weighted by Gasteiger charge is 2.21. The summed E-state index contributed by atoms with van der Waals surface area (Å²) >= 11 is 1.75. The van der Waals surface area contributed by atoms with Crippen LogP contribution in [0.4, 0.5) is 0 Å². The van der Waals surface area contributed by atoms with Gasteiger partial charge in [0.05, 0.1) is 17.3 Å². The molecule has 2 rings (SSSR count). The number of hydrogen-bond acceptors (Lipinski definition) is 4. The van der Waals surface area contributed by atoms with Crippen molar-refractivity contribution in [3.8, 4) is 0 Å². The van der Waals surface area contributed by atoms with Crippen LogP contribution in [0.1, 0.15) is 30.3 Å². The highest BCUT2D eigenvalue weighted by molar-refractivity contribution is 7.09. The minimum atomic E-state index is 0.419. The van der Waals surface area contributed by atoms with E-state index in [2.05, 4.69) is 24.1 Å². The van der Waals surface area contributed by atoms with Gasteiger partial charge in [-0.05, 0) is 33.1 Å². The molecule has 0 spiro atoms. The van der Waals surface area contributed by atoms with Gasteiger partial charge in [0.1, 0.15) is 0 Å². The number of ether oxygens (including phenoxy) is 1. The predicted molar refractivity (Wildman–Crippen MR) is 67.0 cm³/mol. The van der Waals surface area contributed by atoms with E-state index in [9.17, 15) is 0 Å². The van der Waals surface area contributed by atoms with E-state index >= 15 is 0 Å². The average Bonchev–Trinajstić information content (AvgIpc) is 2.90. The molecular formula is C12H20N2OS. The summed E-state index contributed by atoms with van der Waals surface area (Å²) in [6.45, 7) is 6.25. The molecule has 1 saturated heterocycles. The van der Waals surface area contributed by atoms with Crippen LogP contribution < -0.4 is 5.32 Å². The molecule has 3 nitrogen and oxygen atoms in total. The minimum Gasteiger partial charge on any atom is -0.377 e. The van der Waals surface area contributed by atoms with Crippen LogP contribution in [-0.2, 0) is 11.2 Å². The Balaban J connectivity index is 1.69. The number of aromatic nitrogens is 1. The first-order chi connectivity index (χ1) is 7.77. The van der Waals surface area contributed by atoms with Gasteiger partial charge >= 0.3 is 0 Å². The van der Waals surface area contributed by atoms with E-state index in [0.29, 0.717) is 12.1 Å². The van der Waals surface area contributed by atoms with Gasteiger partial charge in [-0.3, -0.25) is 0 Å². The van der Waals surface area contributed by atoms with Crippen molar-refractivity contribution in [2.45, 2.75) is 45.3 Å². The van der Waals surface area contributed by atoms with Crippen molar-refractivity contribution in [1.82, 2.24) is 10.3 Å². The summed E-state index contributed by atoms with van der Waals surface area (Å²) in [4.78, 5) is 5.65. The van der Waals surface area contributed by atoms with E-state index in [1.807, 2.05) is 5.51 Å². The van der Waals surface area contributed by atoms with Crippen molar-refractivity contribution in [3.05, 3.63) is 16.1 Å². The summed E-state index contributed by atoms with van der Waals surface area (Å²) in [5.41, 5.74) is 3.10. The number of aryl methyl sites for hydroxylation is 1. The first-order valence-corrected chi connectivity index (χ1v) is 6.89. The Morgan fingerprint density at radius 2 is 2.56 bits per heavy atom. The normalized spacial score (nSPS) is 22.5. The second-order valence-corrected chi connectivity index (χ2v) is 5.34. The lowest BCUT2D eigenvalue weighted by atomic mass is 10.1. The molecule has 1 aliphatic rings. The summed E-state index contributed by atoms with van der Waals surface area (Å²) < 4.78 is 5.65. The Hall–Kier alpha value is -0.450. The molecule has 0 aromatic carbocycles. The van der Waals surface area contributed by atoms with E-state index < -0.39 is 0 Å². The molecule has 2 heterocycles. The Morgan fingerprint density at radius 1 is 1.69 bits per heavy atom. The molecule has 1 aromatic rings. The fourth-order valence-electron chi connectivity index (χ4n) is 2.11. The minimum absolute atomic E-state index is 0.419. The highest BCUT2D eigenvalue weighted by Crippen LogP contribution is 2.16. The molecule has 90 valence electrons. The summed E-state index contributed by atoms with van der Waals surface area (Å²) in [5.74, 6) is 0. The fraction of sp³-hybridized carbons (Fsp3) is 0.750. The third-order valence-corrected chi connectivity index (χ3v) is 4.18. The smallest absolute Gasteiger partial charge is 0.0797 e. The van der Waals surface area contributed by atoms with Crippen LogP contribution in [0.2, 0.25) is 0 Å². The van der Waals surface area contributed by atoms with Gasteiger partial charge in [0.2, 0.25) is 0 Å². The number of thiazole rings is 1. The second-order valence-electron chi connectivity index (χ2n) is 4.41. The van der Waals surface area contributed by atoms with Crippen molar-refractivity contribution in [2.75, 3.05) is 13.2 Å². The molecule has 0 saturated carbocycles. The molecule has 2 unspecified atom stereocenters. The third kappa shape index (κ3) is 3.03. The van der Waals surface area contributed by atoms with Crippen LogP contribution in [0, 0.1) is 6.92 Å². The molecule has 0 bridgehead atoms. The van der Waals surface area contributed by atoms with Crippen LogP contribution >= 0.6 is 11.3 Å². The zero-order chi connectivity index (χ0) is 11.4. The molecule has 0 amide bonds. The summed E-state index contributed by atoms with van der Waals surface area (Å²) in [5, 5.41) is 3.54. The predicted octanol–water partition coefficient (Wildman–Crippen LogP) is 2.15.